The Bertz CT molecular complexity index is 706. The lowest BCUT2D eigenvalue weighted by atomic mass is 10.0. The van der Waals surface area contributed by atoms with Crippen LogP contribution in [0.1, 0.15) is 29.2 Å². The maximum absolute atomic E-state index is 12.8. The first kappa shape index (κ1) is 16.0. The van der Waals surface area contributed by atoms with Gasteiger partial charge in [-0.1, -0.05) is 12.1 Å². The predicted octanol–water partition coefficient (Wildman–Crippen LogP) is 1.22. The molecule has 0 aliphatic carbocycles. The molecule has 0 saturated carbocycles. The lowest BCUT2D eigenvalue weighted by Crippen LogP contribution is -2.39. The SMILES string of the molecule is NC(=O)COc1ccccc1C(=O)N1CCC(n2ccnc2)CC1. The van der Waals surface area contributed by atoms with E-state index in [4.69, 9.17) is 10.5 Å². The summed E-state index contributed by atoms with van der Waals surface area (Å²) in [5.41, 5.74) is 5.56. The van der Waals surface area contributed by atoms with E-state index in [9.17, 15) is 9.59 Å². The molecule has 3 rings (SSSR count). The number of rotatable bonds is 5. The zero-order chi connectivity index (χ0) is 16.9. The van der Waals surface area contributed by atoms with E-state index in [0.29, 0.717) is 30.4 Å². The number of likely N-dealkylation sites (tertiary alicyclic amines) is 1. The number of amides is 2. The fraction of sp³-hybridized carbons (Fsp3) is 0.353. The van der Waals surface area contributed by atoms with Crippen molar-refractivity contribution in [3.63, 3.8) is 0 Å². The second kappa shape index (κ2) is 7.16. The molecule has 1 saturated heterocycles. The molecular weight excluding hydrogens is 308 g/mol. The number of benzene rings is 1. The lowest BCUT2D eigenvalue weighted by molar-refractivity contribution is -0.119. The van der Waals surface area contributed by atoms with Crippen molar-refractivity contribution in [2.75, 3.05) is 19.7 Å². The van der Waals surface area contributed by atoms with E-state index in [-0.39, 0.29) is 12.5 Å². The molecular formula is C17H20N4O3. The first-order valence-electron chi connectivity index (χ1n) is 7.92. The van der Waals surface area contributed by atoms with Gasteiger partial charge in [-0.15, -0.1) is 0 Å². The Morgan fingerprint density at radius 2 is 2.00 bits per heavy atom. The number of hydrogen-bond donors (Lipinski definition) is 1. The Balaban J connectivity index is 1.66. The second-order valence-electron chi connectivity index (χ2n) is 5.78. The van der Waals surface area contributed by atoms with Crippen molar-refractivity contribution in [3.05, 3.63) is 48.5 Å². The van der Waals surface area contributed by atoms with E-state index < -0.39 is 5.91 Å². The van der Waals surface area contributed by atoms with Crippen LogP contribution in [0.3, 0.4) is 0 Å². The van der Waals surface area contributed by atoms with Crippen molar-refractivity contribution in [1.29, 1.82) is 0 Å². The van der Waals surface area contributed by atoms with E-state index in [1.54, 1.807) is 30.5 Å². The number of nitrogens with zero attached hydrogens (tertiary/aromatic N) is 3. The number of carbonyl (C=O) groups is 2. The largest absolute Gasteiger partial charge is 0.483 e. The van der Waals surface area contributed by atoms with Crippen LogP contribution >= 0.6 is 0 Å². The zero-order valence-electron chi connectivity index (χ0n) is 13.3. The summed E-state index contributed by atoms with van der Waals surface area (Å²) in [6.07, 6.45) is 7.30. The van der Waals surface area contributed by atoms with Crippen molar-refractivity contribution in [2.24, 2.45) is 5.73 Å². The molecule has 2 amide bonds. The molecule has 2 aromatic rings. The normalized spacial score (nSPS) is 15.2. The van der Waals surface area contributed by atoms with Crippen LogP contribution in [0.15, 0.2) is 43.0 Å². The number of nitrogens with two attached hydrogens (primary N) is 1. The van der Waals surface area contributed by atoms with Crippen LogP contribution in [0.25, 0.3) is 0 Å². The zero-order valence-corrected chi connectivity index (χ0v) is 13.3. The highest BCUT2D eigenvalue weighted by Gasteiger charge is 2.26. The predicted molar refractivity (Wildman–Crippen MR) is 87.5 cm³/mol. The maximum Gasteiger partial charge on any atom is 0.257 e. The number of aromatic nitrogens is 2. The minimum absolute atomic E-state index is 0.0841. The fourth-order valence-electron chi connectivity index (χ4n) is 2.94. The molecule has 24 heavy (non-hydrogen) atoms. The highest BCUT2D eigenvalue weighted by atomic mass is 16.5. The quantitative estimate of drug-likeness (QED) is 0.893. The minimum Gasteiger partial charge on any atom is -0.483 e. The van der Waals surface area contributed by atoms with E-state index in [2.05, 4.69) is 9.55 Å². The van der Waals surface area contributed by atoms with Gasteiger partial charge in [-0.3, -0.25) is 9.59 Å². The number of ether oxygens (including phenoxy) is 1. The van der Waals surface area contributed by atoms with Crippen molar-refractivity contribution >= 4 is 11.8 Å². The van der Waals surface area contributed by atoms with Gasteiger partial charge >= 0.3 is 0 Å². The number of carbonyl (C=O) groups excluding carboxylic acids is 2. The molecule has 1 fully saturated rings. The number of hydrogen-bond acceptors (Lipinski definition) is 4. The third-order valence-electron chi connectivity index (χ3n) is 4.19. The number of para-hydroxylation sites is 1. The highest BCUT2D eigenvalue weighted by molar-refractivity contribution is 5.97. The molecule has 126 valence electrons. The van der Waals surface area contributed by atoms with Crippen LogP contribution in [0.5, 0.6) is 5.75 Å². The third-order valence-corrected chi connectivity index (χ3v) is 4.19. The van der Waals surface area contributed by atoms with Gasteiger partial charge in [0.25, 0.3) is 11.8 Å². The summed E-state index contributed by atoms with van der Waals surface area (Å²) in [6, 6.07) is 7.30. The molecule has 0 bridgehead atoms. The smallest absolute Gasteiger partial charge is 0.257 e. The third kappa shape index (κ3) is 3.56. The molecule has 0 radical (unpaired) electrons. The topological polar surface area (TPSA) is 90.5 Å². The molecule has 2 heterocycles. The van der Waals surface area contributed by atoms with Crippen molar-refractivity contribution in [3.8, 4) is 5.75 Å². The molecule has 1 aromatic carbocycles. The molecule has 1 aliphatic heterocycles. The van der Waals surface area contributed by atoms with E-state index >= 15 is 0 Å². The van der Waals surface area contributed by atoms with Crippen LogP contribution < -0.4 is 10.5 Å². The van der Waals surface area contributed by atoms with E-state index in [1.165, 1.54) is 0 Å². The summed E-state index contributed by atoms with van der Waals surface area (Å²) >= 11 is 0. The molecule has 0 unspecified atom stereocenters. The van der Waals surface area contributed by atoms with Gasteiger partial charge in [0.2, 0.25) is 0 Å². The summed E-state index contributed by atoms with van der Waals surface area (Å²) in [5.74, 6) is -0.268. The number of primary amides is 1. The van der Waals surface area contributed by atoms with Gasteiger partial charge < -0.3 is 19.9 Å². The summed E-state index contributed by atoms with van der Waals surface area (Å²) in [7, 11) is 0. The van der Waals surface area contributed by atoms with Gasteiger partial charge in [0.05, 0.1) is 11.9 Å². The second-order valence-corrected chi connectivity index (χ2v) is 5.78. The lowest BCUT2D eigenvalue weighted by Gasteiger charge is -2.32. The van der Waals surface area contributed by atoms with Gasteiger partial charge in [-0.25, -0.2) is 4.98 Å². The van der Waals surface area contributed by atoms with Crippen molar-refractivity contribution in [1.82, 2.24) is 14.5 Å². The van der Waals surface area contributed by atoms with Gasteiger partial charge in [-0.2, -0.15) is 0 Å². The van der Waals surface area contributed by atoms with Gasteiger partial charge in [-0.05, 0) is 25.0 Å². The minimum atomic E-state index is -0.571. The summed E-state index contributed by atoms with van der Waals surface area (Å²) in [5, 5.41) is 0. The van der Waals surface area contributed by atoms with Crippen LogP contribution in [0, 0.1) is 0 Å². The Kier molecular flexibility index (Phi) is 4.79. The van der Waals surface area contributed by atoms with E-state index in [0.717, 1.165) is 12.8 Å². The fourth-order valence-corrected chi connectivity index (χ4v) is 2.94. The molecule has 2 N–H and O–H groups in total. The molecule has 0 atom stereocenters. The van der Waals surface area contributed by atoms with Crippen molar-refractivity contribution in [2.45, 2.75) is 18.9 Å². The van der Waals surface area contributed by atoms with Gasteiger partial charge in [0.1, 0.15) is 5.75 Å². The first-order chi connectivity index (χ1) is 11.6. The first-order valence-corrected chi connectivity index (χ1v) is 7.92. The van der Waals surface area contributed by atoms with Crippen molar-refractivity contribution < 1.29 is 14.3 Å². The Morgan fingerprint density at radius 1 is 1.25 bits per heavy atom. The molecule has 0 spiro atoms. The van der Waals surface area contributed by atoms with Crippen LogP contribution in [-0.4, -0.2) is 46.0 Å². The summed E-state index contributed by atoms with van der Waals surface area (Å²) < 4.78 is 7.45. The monoisotopic (exact) mass is 328 g/mol. The Labute approximate surface area is 140 Å². The molecule has 7 heteroatoms. The number of imidazole rings is 1. The Hall–Kier alpha value is -2.83. The van der Waals surface area contributed by atoms with Crippen LogP contribution in [0.4, 0.5) is 0 Å². The van der Waals surface area contributed by atoms with E-state index in [1.807, 2.05) is 17.4 Å². The summed E-state index contributed by atoms with van der Waals surface area (Å²) in [4.78, 5) is 29.6. The molecule has 1 aromatic heterocycles. The number of piperidine rings is 1. The van der Waals surface area contributed by atoms with Gasteiger partial charge in [0.15, 0.2) is 6.61 Å². The average molecular weight is 328 g/mol. The highest BCUT2D eigenvalue weighted by Crippen LogP contribution is 2.26. The van der Waals surface area contributed by atoms with Crippen LogP contribution in [-0.2, 0) is 4.79 Å². The maximum atomic E-state index is 12.8. The Morgan fingerprint density at radius 3 is 2.67 bits per heavy atom. The summed E-state index contributed by atoms with van der Waals surface area (Å²) in [6.45, 7) is 1.10. The average Bonchev–Trinajstić information content (AvgIpc) is 3.14. The van der Waals surface area contributed by atoms with Gasteiger partial charge in [0, 0.05) is 31.5 Å². The molecule has 1 aliphatic rings. The molecule has 7 nitrogen and oxygen atoms in total. The van der Waals surface area contributed by atoms with Crippen LogP contribution in [0.2, 0.25) is 0 Å². The standard InChI is InChI=1S/C17H20N4O3/c18-16(22)11-24-15-4-2-1-3-14(15)17(23)20-8-5-13(6-9-20)21-10-7-19-12-21/h1-4,7,10,12-13H,5-6,8-9,11H2,(H2,18,22).